The molecule has 1 atom stereocenters. The maximum atomic E-state index is 12.7. The lowest BCUT2D eigenvalue weighted by molar-refractivity contribution is -0.117. The zero-order valence-electron chi connectivity index (χ0n) is 18.3. The maximum absolute atomic E-state index is 12.7. The molecule has 0 aliphatic rings. The number of carbonyl (C=O) groups is 1. The number of ether oxygens (including phenoxy) is 1. The third kappa shape index (κ3) is 6.78. The van der Waals surface area contributed by atoms with Gasteiger partial charge in [0.05, 0.1) is 23.2 Å². The summed E-state index contributed by atoms with van der Waals surface area (Å²) in [7, 11) is -2.36. The second-order valence-electron chi connectivity index (χ2n) is 8.27. The maximum Gasteiger partial charge on any atom is 0.387 e. The Morgan fingerprint density at radius 3 is 2.19 bits per heavy atom. The van der Waals surface area contributed by atoms with Gasteiger partial charge in [0.1, 0.15) is 20.6 Å². The van der Waals surface area contributed by atoms with Gasteiger partial charge in [-0.3, -0.25) is 4.79 Å². The van der Waals surface area contributed by atoms with E-state index < -0.39 is 28.7 Å². The molecule has 6 nitrogen and oxygen atoms in total. The van der Waals surface area contributed by atoms with E-state index in [-0.39, 0.29) is 24.0 Å². The Morgan fingerprint density at radius 1 is 1.23 bits per heavy atom. The molecule has 1 amide bonds. The number of hydrogen-bond acceptors (Lipinski definition) is 6. The van der Waals surface area contributed by atoms with E-state index in [1.807, 2.05) is 27.7 Å². The predicted molar refractivity (Wildman–Crippen MR) is 118 cm³/mol. The van der Waals surface area contributed by atoms with Crippen LogP contribution in [0.5, 0.6) is 5.75 Å². The van der Waals surface area contributed by atoms with Gasteiger partial charge in [-0.2, -0.15) is 13.1 Å². The number of halogens is 2. The summed E-state index contributed by atoms with van der Waals surface area (Å²) in [4.78, 5) is 16.7. The minimum absolute atomic E-state index is 0.0467. The highest BCUT2D eigenvalue weighted by atomic mass is 32.2. The van der Waals surface area contributed by atoms with Crippen LogP contribution >= 0.6 is 11.3 Å². The van der Waals surface area contributed by atoms with E-state index in [2.05, 4.69) is 14.1 Å². The van der Waals surface area contributed by atoms with E-state index in [0.29, 0.717) is 25.9 Å². The smallest absolute Gasteiger partial charge is 0.387 e. The third-order valence-electron chi connectivity index (χ3n) is 4.50. The zero-order chi connectivity index (χ0) is 23.5. The number of carbonyl (C=O) groups excluding carboxylic acids is 1. The van der Waals surface area contributed by atoms with E-state index in [4.69, 9.17) is 0 Å². The summed E-state index contributed by atoms with van der Waals surface area (Å²) in [6.07, 6.45) is 1.25. The molecule has 1 aromatic carbocycles. The van der Waals surface area contributed by atoms with Gasteiger partial charge in [-0.15, -0.1) is 11.3 Å². The number of rotatable bonds is 8. The quantitative estimate of drug-likeness (QED) is 0.525. The molecule has 0 fully saturated rings. The van der Waals surface area contributed by atoms with Crippen LogP contribution in [0.2, 0.25) is 0 Å². The summed E-state index contributed by atoms with van der Waals surface area (Å²) in [5.41, 5.74) is 0.930. The summed E-state index contributed by atoms with van der Waals surface area (Å²) >= 11 is 1.04. The molecule has 0 aliphatic heterocycles. The van der Waals surface area contributed by atoms with Crippen LogP contribution in [0.1, 0.15) is 75.1 Å². The van der Waals surface area contributed by atoms with Crippen LogP contribution in [0.25, 0.3) is 0 Å². The molecule has 1 aromatic heterocycles. The first-order valence-corrected chi connectivity index (χ1v) is 11.8. The monoisotopic (exact) mass is 474 g/mol. The number of hydrogen-bond donors (Lipinski definition) is 2. The number of nitrogens with zero attached hydrogens (tertiary/aromatic N) is 2. The normalized spacial score (nSPS) is 13.4. The third-order valence-corrected chi connectivity index (χ3v) is 7.25. The van der Waals surface area contributed by atoms with Crippen LogP contribution in [0.4, 0.5) is 8.78 Å². The van der Waals surface area contributed by atoms with Crippen molar-refractivity contribution in [2.45, 2.75) is 76.2 Å². The summed E-state index contributed by atoms with van der Waals surface area (Å²) < 4.78 is 46.7. The molecule has 0 spiro atoms. The van der Waals surface area contributed by atoms with E-state index in [1.54, 1.807) is 13.8 Å². The van der Waals surface area contributed by atoms with Crippen molar-refractivity contribution in [3.05, 3.63) is 40.0 Å². The number of thiol groups is 1. The van der Waals surface area contributed by atoms with Gasteiger partial charge in [-0.25, -0.2) is 9.19 Å². The lowest BCUT2D eigenvalue weighted by Crippen LogP contribution is -2.14. The first-order valence-electron chi connectivity index (χ1n) is 9.81. The largest absolute Gasteiger partial charge is 0.435 e. The molecule has 0 aliphatic carbocycles. The molecule has 31 heavy (non-hydrogen) atoms. The molecule has 1 heterocycles. The average molecular weight is 475 g/mol. The number of alkyl halides is 2. The van der Waals surface area contributed by atoms with Gasteiger partial charge in [0.25, 0.3) is 5.91 Å². The molecular weight excluding hydrogens is 446 g/mol. The number of amides is 1. The van der Waals surface area contributed by atoms with E-state index in [9.17, 15) is 22.9 Å². The molecule has 0 radical (unpaired) electrons. The van der Waals surface area contributed by atoms with Gasteiger partial charge < -0.3 is 9.84 Å². The van der Waals surface area contributed by atoms with Crippen molar-refractivity contribution in [3.63, 3.8) is 0 Å². The van der Waals surface area contributed by atoms with E-state index in [1.165, 1.54) is 18.3 Å². The Balaban J connectivity index is 2.39. The highest BCUT2D eigenvalue weighted by Gasteiger charge is 2.22. The highest BCUT2D eigenvalue weighted by Crippen LogP contribution is 2.34. The van der Waals surface area contributed by atoms with Crippen LogP contribution in [0.3, 0.4) is 0 Å². The Bertz CT molecular complexity index is 992. The zero-order valence-corrected chi connectivity index (χ0v) is 20.1. The molecule has 10 heteroatoms. The van der Waals surface area contributed by atoms with Gasteiger partial charge in [0.2, 0.25) is 0 Å². The second kappa shape index (κ2) is 10.1. The number of aromatic nitrogens is 1. The minimum atomic E-state index is -2.94. The Morgan fingerprint density at radius 2 is 1.77 bits per heavy atom. The fourth-order valence-electron chi connectivity index (χ4n) is 3.07. The lowest BCUT2D eigenvalue weighted by Gasteiger charge is -2.21. The fourth-order valence-corrected chi connectivity index (χ4v) is 4.95. The molecule has 172 valence electrons. The molecule has 1 unspecified atom stereocenters. The van der Waals surface area contributed by atoms with Crippen molar-refractivity contribution >= 4 is 27.8 Å². The van der Waals surface area contributed by atoms with Crippen LogP contribution in [0.15, 0.2) is 26.9 Å². The van der Waals surface area contributed by atoms with E-state index >= 15 is 0 Å². The van der Waals surface area contributed by atoms with Crippen LogP contribution in [-0.4, -0.2) is 26.8 Å². The van der Waals surface area contributed by atoms with Crippen LogP contribution in [0, 0.1) is 0 Å². The van der Waals surface area contributed by atoms with Gasteiger partial charge in [0, 0.05) is 0 Å². The Labute approximate surface area is 186 Å². The summed E-state index contributed by atoms with van der Waals surface area (Å²) in [6, 6.07) is 3.04. The van der Waals surface area contributed by atoms with Crippen LogP contribution < -0.4 is 4.74 Å². The summed E-state index contributed by atoms with van der Waals surface area (Å²) in [5, 5.41) is 10.4. The number of aliphatic hydroxyl groups is 1. The van der Waals surface area contributed by atoms with Crippen molar-refractivity contribution < 1.29 is 27.6 Å². The molecule has 0 saturated heterocycles. The number of thiazole rings is 1. The molecule has 2 rings (SSSR count). The Hall–Kier alpha value is -1.91. The van der Waals surface area contributed by atoms with Gasteiger partial charge in [-0.05, 0) is 54.5 Å². The number of benzene rings is 1. The van der Waals surface area contributed by atoms with Gasteiger partial charge in [-0.1, -0.05) is 27.7 Å². The molecule has 0 bridgehead atoms. The van der Waals surface area contributed by atoms with E-state index in [0.717, 1.165) is 11.3 Å². The van der Waals surface area contributed by atoms with Crippen molar-refractivity contribution in [2.24, 2.45) is 4.36 Å². The highest BCUT2D eigenvalue weighted by molar-refractivity contribution is 7.78. The molecule has 1 N–H and O–H groups in total. The lowest BCUT2D eigenvalue weighted by atomic mass is 9.86. The average Bonchev–Trinajstić information content (AvgIpc) is 3.12. The molecule has 2 aromatic rings. The summed E-state index contributed by atoms with van der Waals surface area (Å²) in [6.45, 7) is 7.76. The topological polar surface area (TPSA) is 88.9 Å². The second-order valence-corrected chi connectivity index (χ2v) is 10.8. The Kier molecular flexibility index (Phi) is 8.29. The van der Waals surface area contributed by atoms with Crippen molar-refractivity contribution in [3.8, 4) is 5.75 Å². The van der Waals surface area contributed by atoms with Crippen molar-refractivity contribution in [1.82, 2.24) is 4.98 Å². The fraction of sp³-hybridized carbons (Fsp3) is 0.524. The predicted octanol–water partition coefficient (Wildman–Crippen LogP) is 5.01. The molecule has 0 saturated carbocycles. The van der Waals surface area contributed by atoms with Gasteiger partial charge >= 0.3 is 6.61 Å². The summed E-state index contributed by atoms with van der Waals surface area (Å²) in [5.74, 6) is -0.631. The SMILES string of the molecule is CC(C)c1cc(OC(F)F)cc(C(C)C)c1CC(=O)N=[SH](=O)c1cnc(C(C)(C)O)s1. The van der Waals surface area contributed by atoms with Gasteiger partial charge in [0.15, 0.2) is 0 Å². The molecular formula is C21H28F2N2O4S2. The first-order chi connectivity index (χ1) is 14.3. The standard InChI is InChI=1S/C21H28F2N2O4S2/c1-11(2)14-7-13(29-20(22)23)8-15(12(3)4)16(14)9-17(26)25-31(28)18-10-24-19(30-18)21(5,6)27/h7-8,10-12,20,27,31H,9H2,1-6H3. The first kappa shape index (κ1) is 25.4. The van der Waals surface area contributed by atoms with Crippen molar-refractivity contribution in [2.75, 3.05) is 0 Å². The van der Waals surface area contributed by atoms with Crippen LogP contribution in [-0.2, 0) is 27.4 Å². The van der Waals surface area contributed by atoms with Crippen molar-refractivity contribution in [1.29, 1.82) is 0 Å². The minimum Gasteiger partial charge on any atom is -0.435 e.